The Morgan fingerprint density at radius 2 is 2.18 bits per heavy atom. The zero-order valence-electron chi connectivity index (χ0n) is 7.00. The first kappa shape index (κ1) is 10.1. The van der Waals surface area contributed by atoms with E-state index >= 15 is 0 Å². The molecule has 0 amide bonds. The summed E-state index contributed by atoms with van der Waals surface area (Å²) in [5.41, 5.74) is 0. The monoisotopic (exact) mass is 158 g/mol. The number of hydrogen-bond acceptors (Lipinski definition) is 3. The summed E-state index contributed by atoms with van der Waals surface area (Å²) in [4.78, 5) is 20.6. The van der Waals surface area contributed by atoms with Crippen molar-refractivity contribution in [3.63, 3.8) is 0 Å². The third-order valence-corrected chi connectivity index (χ3v) is 1.07. The molecule has 64 valence electrons. The summed E-state index contributed by atoms with van der Waals surface area (Å²) >= 11 is 0. The van der Waals surface area contributed by atoms with E-state index in [1.807, 2.05) is 13.8 Å². The molecule has 0 bridgehead atoms. The van der Waals surface area contributed by atoms with Crippen LogP contribution in [0, 0.1) is 5.92 Å². The number of carbonyl (C=O) groups is 2. The SMILES string of the molecule is CC(C)CC(=O)OCCC=O. The minimum Gasteiger partial charge on any atom is -0.465 e. The fourth-order valence-corrected chi connectivity index (χ4v) is 0.613. The lowest BCUT2D eigenvalue weighted by Crippen LogP contribution is -2.08. The van der Waals surface area contributed by atoms with E-state index in [1.54, 1.807) is 0 Å². The second-order valence-electron chi connectivity index (χ2n) is 2.77. The third-order valence-electron chi connectivity index (χ3n) is 1.07. The number of hydrogen-bond donors (Lipinski definition) is 0. The van der Waals surface area contributed by atoms with Crippen LogP contribution < -0.4 is 0 Å². The Morgan fingerprint density at radius 3 is 2.64 bits per heavy atom. The summed E-state index contributed by atoms with van der Waals surface area (Å²) in [7, 11) is 0. The van der Waals surface area contributed by atoms with Gasteiger partial charge in [-0.15, -0.1) is 0 Å². The lowest BCUT2D eigenvalue weighted by Gasteiger charge is -2.03. The third kappa shape index (κ3) is 7.03. The molecule has 0 aliphatic rings. The Kier molecular flexibility index (Phi) is 5.43. The van der Waals surface area contributed by atoms with Crippen LogP contribution in [0.25, 0.3) is 0 Å². The van der Waals surface area contributed by atoms with Crippen LogP contribution in [-0.2, 0) is 14.3 Å². The molecule has 0 N–H and O–H groups in total. The van der Waals surface area contributed by atoms with E-state index in [4.69, 9.17) is 4.74 Å². The van der Waals surface area contributed by atoms with Crippen LogP contribution in [-0.4, -0.2) is 18.9 Å². The number of aldehydes is 1. The Hall–Kier alpha value is -0.860. The van der Waals surface area contributed by atoms with Gasteiger partial charge in [-0.3, -0.25) is 4.79 Å². The van der Waals surface area contributed by atoms with E-state index in [1.165, 1.54) is 0 Å². The number of esters is 1. The topological polar surface area (TPSA) is 43.4 Å². The standard InChI is InChI=1S/C8H14O3/c1-7(2)6-8(10)11-5-3-4-9/h4,7H,3,5-6H2,1-2H3. The molecule has 3 heteroatoms. The molecule has 0 saturated heterocycles. The quantitative estimate of drug-likeness (QED) is 0.342. The molecule has 0 radical (unpaired) electrons. The number of rotatable bonds is 5. The second kappa shape index (κ2) is 5.89. The van der Waals surface area contributed by atoms with Crippen LogP contribution in [0.1, 0.15) is 26.7 Å². The van der Waals surface area contributed by atoms with Crippen LogP contribution in [0.3, 0.4) is 0 Å². The fourth-order valence-electron chi connectivity index (χ4n) is 0.613. The molecule has 0 atom stereocenters. The highest BCUT2D eigenvalue weighted by Gasteiger charge is 2.04. The average Bonchev–Trinajstić information content (AvgIpc) is 1.86. The zero-order valence-corrected chi connectivity index (χ0v) is 7.00. The summed E-state index contributed by atoms with van der Waals surface area (Å²) in [5.74, 6) is 0.0978. The first-order valence-electron chi connectivity index (χ1n) is 3.76. The smallest absolute Gasteiger partial charge is 0.306 e. The van der Waals surface area contributed by atoms with E-state index in [-0.39, 0.29) is 12.6 Å². The summed E-state index contributed by atoms with van der Waals surface area (Å²) < 4.78 is 4.72. The summed E-state index contributed by atoms with van der Waals surface area (Å²) in [5, 5.41) is 0. The van der Waals surface area contributed by atoms with Crippen molar-refractivity contribution in [2.24, 2.45) is 5.92 Å². The number of carbonyl (C=O) groups excluding carboxylic acids is 2. The summed E-state index contributed by atoms with van der Waals surface area (Å²) in [6, 6.07) is 0. The molecule has 0 aliphatic heterocycles. The van der Waals surface area contributed by atoms with Gasteiger partial charge in [0.15, 0.2) is 0 Å². The van der Waals surface area contributed by atoms with Gasteiger partial charge in [-0.2, -0.15) is 0 Å². The van der Waals surface area contributed by atoms with Gasteiger partial charge < -0.3 is 9.53 Å². The largest absolute Gasteiger partial charge is 0.465 e. The molecule has 0 saturated carbocycles. The molecule has 0 aromatic carbocycles. The summed E-state index contributed by atoms with van der Waals surface area (Å²) in [6.07, 6.45) is 1.46. The molecule has 0 spiro atoms. The average molecular weight is 158 g/mol. The lowest BCUT2D eigenvalue weighted by molar-refractivity contribution is -0.144. The van der Waals surface area contributed by atoms with Gasteiger partial charge in [-0.1, -0.05) is 13.8 Å². The normalized spacial score (nSPS) is 9.73. The van der Waals surface area contributed by atoms with Gasteiger partial charge in [0.1, 0.15) is 6.29 Å². The van der Waals surface area contributed by atoms with Gasteiger partial charge in [0, 0.05) is 12.8 Å². The molecular formula is C8H14O3. The van der Waals surface area contributed by atoms with Crippen molar-refractivity contribution in [1.82, 2.24) is 0 Å². The van der Waals surface area contributed by atoms with Gasteiger partial charge >= 0.3 is 5.97 Å². The van der Waals surface area contributed by atoms with Gasteiger partial charge in [-0.05, 0) is 5.92 Å². The van der Waals surface area contributed by atoms with Gasteiger partial charge in [0.05, 0.1) is 6.61 Å². The van der Waals surface area contributed by atoms with Crippen LogP contribution in [0.4, 0.5) is 0 Å². The second-order valence-corrected chi connectivity index (χ2v) is 2.77. The van der Waals surface area contributed by atoms with Crippen molar-refractivity contribution in [3.8, 4) is 0 Å². The van der Waals surface area contributed by atoms with E-state index in [0.29, 0.717) is 18.8 Å². The maximum absolute atomic E-state index is 10.8. The Labute approximate surface area is 66.7 Å². The van der Waals surface area contributed by atoms with Crippen LogP contribution in [0.15, 0.2) is 0 Å². The Balaban J connectivity index is 3.30. The molecule has 0 rings (SSSR count). The summed E-state index contributed by atoms with van der Waals surface area (Å²) in [6.45, 7) is 4.11. The lowest BCUT2D eigenvalue weighted by atomic mass is 10.1. The van der Waals surface area contributed by atoms with E-state index in [0.717, 1.165) is 6.29 Å². The minimum atomic E-state index is -0.221. The van der Waals surface area contributed by atoms with Crippen molar-refractivity contribution in [2.45, 2.75) is 26.7 Å². The molecule has 0 unspecified atom stereocenters. The van der Waals surface area contributed by atoms with Crippen LogP contribution in [0.5, 0.6) is 0 Å². The van der Waals surface area contributed by atoms with Gasteiger partial charge in [0.2, 0.25) is 0 Å². The molecule has 0 fully saturated rings. The molecule has 0 aliphatic carbocycles. The Morgan fingerprint density at radius 1 is 1.55 bits per heavy atom. The fraction of sp³-hybridized carbons (Fsp3) is 0.750. The van der Waals surface area contributed by atoms with Crippen molar-refractivity contribution < 1.29 is 14.3 Å². The minimum absolute atomic E-state index is 0.217. The molecule has 0 heterocycles. The van der Waals surface area contributed by atoms with Crippen LogP contribution >= 0.6 is 0 Å². The molecule has 11 heavy (non-hydrogen) atoms. The van der Waals surface area contributed by atoms with Crippen molar-refractivity contribution in [3.05, 3.63) is 0 Å². The number of ether oxygens (including phenoxy) is 1. The van der Waals surface area contributed by atoms with E-state index in [2.05, 4.69) is 0 Å². The first-order valence-corrected chi connectivity index (χ1v) is 3.76. The predicted octanol–water partition coefficient (Wildman–Crippen LogP) is 1.16. The predicted molar refractivity (Wildman–Crippen MR) is 41.1 cm³/mol. The van der Waals surface area contributed by atoms with Gasteiger partial charge in [-0.25, -0.2) is 0 Å². The maximum atomic E-state index is 10.8. The molecule has 0 aromatic heterocycles. The molecular weight excluding hydrogens is 144 g/mol. The molecule has 0 aromatic rings. The van der Waals surface area contributed by atoms with Crippen molar-refractivity contribution in [1.29, 1.82) is 0 Å². The first-order chi connectivity index (χ1) is 5.16. The van der Waals surface area contributed by atoms with Gasteiger partial charge in [0.25, 0.3) is 0 Å². The highest BCUT2D eigenvalue weighted by Crippen LogP contribution is 2.00. The highest BCUT2D eigenvalue weighted by atomic mass is 16.5. The highest BCUT2D eigenvalue weighted by molar-refractivity contribution is 5.69. The van der Waals surface area contributed by atoms with Crippen molar-refractivity contribution in [2.75, 3.05) is 6.61 Å². The van der Waals surface area contributed by atoms with E-state index in [9.17, 15) is 9.59 Å². The van der Waals surface area contributed by atoms with Crippen LogP contribution in [0.2, 0.25) is 0 Å². The van der Waals surface area contributed by atoms with Crippen molar-refractivity contribution >= 4 is 12.3 Å². The zero-order chi connectivity index (χ0) is 8.69. The maximum Gasteiger partial charge on any atom is 0.306 e. The Bertz CT molecular complexity index is 129. The van der Waals surface area contributed by atoms with E-state index < -0.39 is 0 Å². The molecule has 3 nitrogen and oxygen atoms in total.